The number of carbonyl (C=O) groups excluding carboxylic acids is 1. The lowest BCUT2D eigenvalue weighted by Gasteiger charge is -2.12. The lowest BCUT2D eigenvalue weighted by atomic mass is 10.3. The molecule has 152 valence electrons. The van der Waals surface area contributed by atoms with Crippen LogP contribution in [0, 0.1) is 5.82 Å². The van der Waals surface area contributed by atoms with Crippen LogP contribution in [0.4, 0.5) is 10.1 Å². The third kappa shape index (κ3) is 5.17. The second kappa shape index (κ2) is 9.28. The molecule has 0 saturated carbocycles. The summed E-state index contributed by atoms with van der Waals surface area (Å²) < 4.78 is 25.4. The molecule has 0 saturated heterocycles. The number of methoxy groups -OCH3 is 1. The fraction of sp³-hybridized carbons (Fsp3) is 0.211. The highest BCUT2D eigenvalue weighted by molar-refractivity contribution is 8.00. The molecule has 1 heterocycles. The van der Waals surface area contributed by atoms with E-state index in [1.54, 1.807) is 50.4 Å². The molecule has 0 aliphatic heterocycles. The number of thioether (sulfide) groups is 1. The van der Waals surface area contributed by atoms with Crippen molar-refractivity contribution in [2.24, 2.45) is 0 Å². The molecular formula is C19H20FN5O3S. The van der Waals surface area contributed by atoms with Gasteiger partial charge >= 0.3 is 0 Å². The summed E-state index contributed by atoms with van der Waals surface area (Å²) in [4.78, 5) is 12.4. The quantitative estimate of drug-likeness (QED) is 0.429. The van der Waals surface area contributed by atoms with Crippen molar-refractivity contribution in [3.63, 3.8) is 0 Å². The van der Waals surface area contributed by atoms with Crippen LogP contribution in [0.25, 0.3) is 0 Å². The number of anilines is 1. The van der Waals surface area contributed by atoms with E-state index in [1.807, 2.05) is 0 Å². The molecule has 0 radical (unpaired) electrons. The van der Waals surface area contributed by atoms with Gasteiger partial charge < -0.3 is 20.6 Å². The van der Waals surface area contributed by atoms with E-state index in [-0.39, 0.29) is 18.3 Å². The van der Waals surface area contributed by atoms with E-state index >= 15 is 0 Å². The van der Waals surface area contributed by atoms with Crippen molar-refractivity contribution in [2.75, 3.05) is 18.3 Å². The number of hydrogen-bond acceptors (Lipinski definition) is 7. The van der Waals surface area contributed by atoms with E-state index in [0.717, 1.165) is 11.8 Å². The molecular weight excluding hydrogens is 397 g/mol. The summed E-state index contributed by atoms with van der Waals surface area (Å²) in [6.45, 7) is 1.67. The number of hydrogen-bond donors (Lipinski definition) is 2. The standard InChI is InChI=1S/C19H20FN5O3S/c1-12(18(26)22-13-6-5-7-14(10-13)27-2)29-19-24-23-17(25(19)21)11-28-16-9-4-3-8-15(16)20/h3-10,12H,11,21H2,1-2H3,(H,22,26). The molecule has 3 N–H and O–H groups in total. The number of para-hydroxylation sites is 1. The van der Waals surface area contributed by atoms with Crippen LogP contribution in [0.1, 0.15) is 12.7 Å². The maximum atomic E-state index is 13.6. The predicted molar refractivity (Wildman–Crippen MR) is 108 cm³/mol. The Labute approximate surface area is 171 Å². The molecule has 2 aromatic carbocycles. The molecule has 1 amide bonds. The lowest BCUT2D eigenvalue weighted by Crippen LogP contribution is -2.24. The fourth-order valence-corrected chi connectivity index (χ4v) is 3.14. The molecule has 0 aliphatic carbocycles. The highest BCUT2D eigenvalue weighted by Gasteiger charge is 2.20. The molecule has 8 nitrogen and oxygen atoms in total. The highest BCUT2D eigenvalue weighted by Crippen LogP contribution is 2.24. The van der Waals surface area contributed by atoms with Crippen LogP contribution >= 0.6 is 11.8 Å². The Morgan fingerprint density at radius 1 is 1.28 bits per heavy atom. The molecule has 1 unspecified atom stereocenters. The Balaban J connectivity index is 1.59. The van der Waals surface area contributed by atoms with Crippen molar-refractivity contribution in [3.05, 3.63) is 60.2 Å². The van der Waals surface area contributed by atoms with Crippen molar-refractivity contribution >= 4 is 23.4 Å². The maximum Gasteiger partial charge on any atom is 0.237 e. The van der Waals surface area contributed by atoms with Crippen molar-refractivity contribution < 1.29 is 18.7 Å². The minimum atomic E-state index is -0.493. The van der Waals surface area contributed by atoms with Gasteiger partial charge in [0.15, 0.2) is 17.4 Å². The zero-order valence-corrected chi connectivity index (χ0v) is 16.6. The summed E-state index contributed by atoms with van der Waals surface area (Å²) in [7, 11) is 1.56. The van der Waals surface area contributed by atoms with Crippen molar-refractivity contribution in [2.45, 2.75) is 23.9 Å². The average Bonchev–Trinajstić information content (AvgIpc) is 3.07. The lowest BCUT2D eigenvalue weighted by molar-refractivity contribution is -0.115. The minimum Gasteiger partial charge on any atom is -0.497 e. The smallest absolute Gasteiger partial charge is 0.237 e. The monoisotopic (exact) mass is 417 g/mol. The van der Waals surface area contributed by atoms with Crippen LogP contribution < -0.4 is 20.6 Å². The second-order valence-corrected chi connectivity index (χ2v) is 7.28. The molecule has 29 heavy (non-hydrogen) atoms. The topological polar surface area (TPSA) is 104 Å². The number of nitrogen functional groups attached to an aromatic ring is 1. The largest absolute Gasteiger partial charge is 0.497 e. The SMILES string of the molecule is COc1cccc(NC(=O)C(C)Sc2nnc(COc3ccccc3F)n2N)c1. The summed E-state index contributed by atoms with van der Waals surface area (Å²) in [5.74, 6) is 6.33. The van der Waals surface area contributed by atoms with Crippen LogP contribution in [-0.4, -0.2) is 33.1 Å². The number of rotatable bonds is 8. The van der Waals surface area contributed by atoms with Gasteiger partial charge in [-0.15, -0.1) is 10.2 Å². The zero-order valence-electron chi connectivity index (χ0n) is 15.8. The molecule has 1 atom stereocenters. The first-order valence-electron chi connectivity index (χ1n) is 8.66. The van der Waals surface area contributed by atoms with Crippen LogP contribution in [-0.2, 0) is 11.4 Å². The van der Waals surface area contributed by atoms with Gasteiger partial charge in [-0.1, -0.05) is 30.0 Å². The zero-order chi connectivity index (χ0) is 20.8. The van der Waals surface area contributed by atoms with Gasteiger partial charge in [-0.25, -0.2) is 9.07 Å². The fourth-order valence-electron chi connectivity index (χ4n) is 2.35. The van der Waals surface area contributed by atoms with Crippen LogP contribution in [0.15, 0.2) is 53.7 Å². The number of amides is 1. The number of halogens is 1. The van der Waals surface area contributed by atoms with E-state index < -0.39 is 11.1 Å². The summed E-state index contributed by atoms with van der Waals surface area (Å²) in [5, 5.41) is 10.6. The van der Waals surface area contributed by atoms with E-state index in [0.29, 0.717) is 22.4 Å². The first-order chi connectivity index (χ1) is 14.0. The van der Waals surface area contributed by atoms with Crippen molar-refractivity contribution in [1.29, 1.82) is 0 Å². The van der Waals surface area contributed by atoms with E-state index in [1.165, 1.54) is 16.8 Å². The number of nitrogens with zero attached hydrogens (tertiary/aromatic N) is 3. The van der Waals surface area contributed by atoms with Gasteiger partial charge in [0.25, 0.3) is 0 Å². The Kier molecular flexibility index (Phi) is 6.55. The molecule has 0 aliphatic rings. The number of nitrogens with one attached hydrogen (secondary N) is 1. The Morgan fingerprint density at radius 2 is 2.07 bits per heavy atom. The molecule has 10 heteroatoms. The van der Waals surface area contributed by atoms with Gasteiger partial charge in [-0.2, -0.15) is 0 Å². The average molecular weight is 417 g/mol. The number of benzene rings is 2. The molecule has 3 aromatic rings. The second-order valence-electron chi connectivity index (χ2n) is 5.97. The molecule has 0 bridgehead atoms. The first kappa shape index (κ1) is 20.5. The first-order valence-corrected chi connectivity index (χ1v) is 9.54. The highest BCUT2D eigenvalue weighted by atomic mass is 32.2. The summed E-state index contributed by atoms with van der Waals surface area (Å²) in [5.41, 5.74) is 0.620. The number of carbonyl (C=O) groups is 1. The van der Waals surface area contributed by atoms with Crippen molar-refractivity contribution in [3.8, 4) is 11.5 Å². The number of nitrogens with two attached hydrogens (primary N) is 1. The molecule has 3 rings (SSSR count). The third-order valence-corrected chi connectivity index (χ3v) is 4.97. The van der Waals surface area contributed by atoms with E-state index in [9.17, 15) is 9.18 Å². The summed E-state index contributed by atoms with van der Waals surface area (Å²) in [6.07, 6.45) is 0. The normalized spacial score (nSPS) is 11.7. The third-order valence-electron chi connectivity index (χ3n) is 3.92. The predicted octanol–water partition coefficient (Wildman–Crippen LogP) is 2.84. The molecule has 1 aromatic heterocycles. The Hall–Kier alpha value is -3.27. The maximum absolute atomic E-state index is 13.6. The number of ether oxygens (including phenoxy) is 2. The van der Waals surface area contributed by atoms with E-state index in [4.69, 9.17) is 15.3 Å². The Morgan fingerprint density at radius 3 is 2.83 bits per heavy atom. The van der Waals surface area contributed by atoms with Gasteiger partial charge in [-0.05, 0) is 31.2 Å². The van der Waals surface area contributed by atoms with Gasteiger partial charge in [0.05, 0.1) is 12.4 Å². The van der Waals surface area contributed by atoms with Crippen LogP contribution in [0.2, 0.25) is 0 Å². The van der Waals surface area contributed by atoms with Gasteiger partial charge in [0, 0.05) is 11.8 Å². The van der Waals surface area contributed by atoms with Crippen molar-refractivity contribution in [1.82, 2.24) is 14.9 Å². The van der Waals surface area contributed by atoms with Gasteiger partial charge in [0.2, 0.25) is 11.1 Å². The molecule has 0 spiro atoms. The Bertz CT molecular complexity index is 997. The molecule has 0 fully saturated rings. The van der Waals surface area contributed by atoms with Crippen LogP contribution in [0.5, 0.6) is 11.5 Å². The number of aromatic nitrogens is 3. The summed E-state index contributed by atoms with van der Waals surface area (Å²) >= 11 is 1.14. The van der Waals surface area contributed by atoms with Crippen LogP contribution in [0.3, 0.4) is 0 Å². The van der Waals surface area contributed by atoms with E-state index in [2.05, 4.69) is 15.5 Å². The summed E-state index contributed by atoms with van der Waals surface area (Å²) in [6, 6.07) is 13.1. The van der Waals surface area contributed by atoms with Gasteiger partial charge in [-0.3, -0.25) is 4.79 Å². The van der Waals surface area contributed by atoms with Gasteiger partial charge in [0.1, 0.15) is 12.4 Å². The minimum absolute atomic E-state index is 0.0601.